The number of carboxylic acid groups (broad SMARTS) is 1. The second kappa shape index (κ2) is 6.37. The van der Waals surface area contributed by atoms with Gasteiger partial charge in [0.25, 0.3) is 0 Å². The lowest BCUT2D eigenvalue weighted by Gasteiger charge is -2.36. The lowest BCUT2D eigenvalue weighted by Crippen LogP contribution is -2.49. The van der Waals surface area contributed by atoms with Gasteiger partial charge >= 0.3 is 5.97 Å². The number of hydrogen-bond donors (Lipinski definition) is 2. The van der Waals surface area contributed by atoms with Gasteiger partial charge in [-0.1, -0.05) is 28.1 Å². The summed E-state index contributed by atoms with van der Waals surface area (Å²) in [5.41, 5.74) is 0.195. The molecule has 0 radical (unpaired) electrons. The molecule has 0 bridgehead atoms. The van der Waals surface area contributed by atoms with E-state index >= 15 is 0 Å². The topological polar surface area (TPSA) is 75.6 Å². The molecule has 2 rings (SSSR count). The summed E-state index contributed by atoms with van der Waals surface area (Å²) in [7, 11) is 0. The van der Waals surface area contributed by atoms with Crippen molar-refractivity contribution in [3.05, 3.63) is 34.3 Å². The predicted octanol–water partition coefficient (Wildman–Crippen LogP) is 1.70. The fourth-order valence-corrected chi connectivity index (χ4v) is 2.73. The summed E-state index contributed by atoms with van der Waals surface area (Å²) in [6.07, 6.45) is 1.11. The number of aliphatic carboxylic acids is 1. The molecule has 1 aliphatic heterocycles. The van der Waals surface area contributed by atoms with Gasteiger partial charge in [0, 0.05) is 17.7 Å². The molecule has 1 saturated heterocycles. The zero-order valence-electron chi connectivity index (χ0n) is 10.9. The molecule has 0 spiro atoms. The normalized spacial score (nSPS) is 17.4. The molecule has 6 heteroatoms. The Morgan fingerprint density at radius 1 is 1.25 bits per heavy atom. The van der Waals surface area contributed by atoms with Gasteiger partial charge in [-0.3, -0.25) is 9.59 Å². The molecule has 0 saturated carbocycles. The average molecular weight is 342 g/mol. The van der Waals surface area contributed by atoms with Gasteiger partial charge in [-0.2, -0.15) is 0 Å². The zero-order chi connectivity index (χ0) is 14.6. The number of rotatable bonds is 4. The highest BCUT2D eigenvalue weighted by Gasteiger charge is 2.41. The maximum Gasteiger partial charge on any atom is 0.322 e. The van der Waals surface area contributed by atoms with Crippen LogP contribution in [0.15, 0.2) is 28.7 Å². The van der Waals surface area contributed by atoms with E-state index in [2.05, 4.69) is 21.2 Å². The third kappa shape index (κ3) is 3.19. The first-order valence-corrected chi connectivity index (χ1v) is 7.18. The predicted molar refractivity (Wildman–Crippen MR) is 76.5 cm³/mol. The van der Waals surface area contributed by atoms with Crippen LogP contribution in [0.3, 0.4) is 0 Å². The van der Waals surface area contributed by atoms with Crippen molar-refractivity contribution in [2.24, 2.45) is 0 Å². The number of benzene rings is 1. The standard InChI is InChI=1S/C14H16BrNO4/c15-11-3-1-10(2-4-11)14(5-7-20-8-6-14)13(19)16-9-12(17)18/h1-4H,5-9H2,(H,16,19)(H,17,18). The molecular formula is C14H16BrNO4. The first-order chi connectivity index (χ1) is 9.54. The van der Waals surface area contributed by atoms with Gasteiger partial charge in [0.15, 0.2) is 0 Å². The fraction of sp³-hybridized carbons (Fsp3) is 0.429. The first-order valence-electron chi connectivity index (χ1n) is 6.38. The highest BCUT2D eigenvalue weighted by molar-refractivity contribution is 9.10. The lowest BCUT2D eigenvalue weighted by molar-refractivity contribution is -0.139. The fourth-order valence-electron chi connectivity index (χ4n) is 2.46. The van der Waals surface area contributed by atoms with Crippen LogP contribution in [-0.4, -0.2) is 36.7 Å². The molecule has 0 aliphatic carbocycles. The van der Waals surface area contributed by atoms with E-state index in [4.69, 9.17) is 9.84 Å². The van der Waals surface area contributed by atoms with Gasteiger partial charge in [0.2, 0.25) is 5.91 Å². The first kappa shape index (κ1) is 15.0. The van der Waals surface area contributed by atoms with E-state index in [9.17, 15) is 9.59 Å². The number of carbonyl (C=O) groups is 2. The minimum Gasteiger partial charge on any atom is -0.480 e. The van der Waals surface area contributed by atoms with Crippen molar-refractivity contribution in [1.29, 1.82) is 0 Å². The number of carbonyl (C=O) groups excluding carboxylic acids is 1. The van der Waals surface area contributed by atoms with E-state index in [1.807, 2.05) is 24.3 Å². The maximum absolute atomic E-state index is 12.5. The summed E-state index contributed by atoms with van der Waals surface area (Å²) >= 11 is 3.37. The van der Waals surface area contributed by atoms with Crippen molar-refractivity contribution in [2.45, 2.75) is 18.3 Å². The molecule has 1 aromatic carbocycles. The summed E-state index contributed by atoms with van der Waals surface area (Å²) in [5, 5.41) is 11.2. The van der Waals surface area contributed by atoms with E-state index < -0.39 is 11.4 Å². The summed E-state index contributed by atoms with van der Waals surface area (Å²) in [6.45, 7) is 0.630. The smallest absolute Gasteiger partial charge is 0.322 e. The molecule has 20 heavy (non-hydrogen) atoms. The molecule has 0 aromatic heterocycles. The monoisotopic (exact) mass is 341 g/mol. The summed E-state index contributed by atoms with van der Waals surface area (Å²) in [4.78, 5) is 23.1. The second-order valence-electron chi connectivity index (χ2n) is 4.78. The Labute approximate surface area is 125 Å². The SMILES string of the molecule is O=C(O)CNC(=O)C1(c2ccc(Br)cc2)CCOCC1. The highest BCUT2D eigenvalue weighted by atomic mass is 79.9. The molecule has 2 N–H and O–H groups in total. The van der Waals surface area contributed by atoms with Crippen LogP contribution < -0.4 is 5.32 Å². The van der Waals surface area contributed by atoms with Crippen molar-refractivity contribution in [3.63, 3.8) is 0 Å². The Kier molecular flexibility index (Phi) is 4.77. The van der Waals surface area contributed by atoms with Crippen molar-refractivity contribution < 1.29 is 19.4 Å². The maximum atomic E-state index is 12.5. The third-order valence-electron chi connectivity index (χ3n) is 3.58. The number of carboxylic acids is 1. The molecule has 0 atom stereocenters. The van der Waals surface area contributed by atoms with Crippen LogP contribution in [0.4, 0.5) is 0 Å². The van der Waals surface area contributed by atoms with Gasteiger partial charge in [-0.15, -0.1) is 0 Å². The number of ether oxygens (including phenoxy) is 1. The van der Waals surface area contributed by atoms with Crippen LogP contribution in [0.2, 0.25) is 0 Å². The highest BCUT2D eigenvalue weighted by Crippen LogP contribution is 2.35. The van der Waals surface area contributed by atoms with Gasteiger partial charge in [-0.25, -0.2) is 0 Å². The summed E-state index contributed by atoms with van der Waals surface area (Å²) < 4.78 is 6.28. The molecule has 1 heterocycles. The summed E-state index contributed by atoms with van der Waals surface area (Å²) in [6, 6.07) is 7.57. The molecule has 108 valence electrons. The number of hydrogen-bond acceptors (Lipinski definition) is 3. The average Bonchev–Trinajstić information content (AvgIpc) is 2.46. The van der Waals surface area contributed by atoms with Crippen molar-refractivity contribution in [3.8, 4) is 0 Å². The third-order valence-corrected chi connectivity index (χ3v) is 4.11. The molecule has 5 nitrogen and oxygen atoms in total. The van der Waals surface area contributed by atoms with Crippen LogP contribution >= 0.6 is 15.9 Å². The van der Waals surface area contributed by atoms with Crippen molar-refractivity contribution in [1.82, 2.24) is 5.32 Å². The van der Waals surface area contributed by atoms with Crippen LogP contribution in [-0.2, 0) is 19.7 Å². The molecule has 1 aliphatic rings. The molecular weight excluding hydrogens is 326 g/mol. The second-order valence-corrected chi connectivity index (χ2v) is 5.69. The van der Waals surface area contributed by atoms with Crippen LogP contribution in [0, 0.1) is 0 Å². The number of halogens is 1. The van der Waals surface area contributed by atoms with E-state index in [0.717, 1.165) is 10.0 Å². The van der Waals surface area contributed by atoms with E-state index in [1.54, 1.807) is 0 Å². The molecule has 1 aromatic rings. The Bertz CT molecular complexity index is 494. The van der Waals surface area contributed by atoms with Crippen LogP contribution in [0.25, 0.3) is 0 Å². The largest absolute Gasteiger partial charge is 0.480 e. The molecule has 0 unspecified atom stereocenters. The molecule has 1 fully saturated rings. The minimum atomic E-state index is -1.05. The van der Waals surface area contributed by atoms with Gasteiger partial charge in [0.1, 0.15) is 6.54 Å². The van der Waals surface area contributed by atoms with Crippen LogP contribution in [0.5, 0.6) is 0 Å². The molecule has 1 amide bonds. The quantitative estimate of drug-likeness (QED) is 0.873. The Morgan fingerprint density at radius 2 is 1.85 bits per heavy atom. The van der Waals surface area contributed by atoms with Gasteiger partial charge in [0.05, 0.1) is 5.41 Å². The van der Waals surface area contributed by atoms with Crippen molar-refractivity contribution >= 4 is 27.8 Å². The zero-order valence-corrected chi connectivity index (χ0v) is 12.5. The Morgan fingerprint density at radius 3 is 2.40 bits per heavy atom. The number of nitrogens with one attached hydrogen (secondary N) is 1. The van der Waals surface area contributed by atoms with E-state index in [0.29, 0.717) is 26.1 Å². The lowest BCUT2D eigenvalue weighted by atomic mass is 9.73. The minimum absolute atomic E-state index is 0.245. The van der Waals surface area contributed by atoms with Crippen LogP contribution in [0.1, 0.15) is 18.4 Å². The summed E-state index contributed by atoms with van der Waals surface area (Å²) in [5.74, 6) is -1.29. The number of amides is 1. The van der Waals surface area contributed by atoms with Gasteiger partial charge in [-0.05, 0) is 30.5 Å². The van der Waals surface area contributed by atoms with E-state index in [1.165, 1.54) is 0 Å². The Balaban J connectivity index is 2.27. The van der Waals surface area contributed by atoms with E-state index in [-0.39, 0.29) is 12.5 Å². The van der Waals surface area contributed by atoms with Crippen molar-refractivity contribution in [2.75, 3.05) is 19.8 Å². The van der Waals surface area contributed by atoms with Gasteiger partial charge < -0.3 is 15.2 Å². The Hall–Kier alpha value is -1.40.